The summed E-state index contributed by atoms with van der Waals surface area (Å²) in [6.45, 7) is 7.15. The highest BCUT2D eigenvalue weighted by Crippen LogP contribution is 2.16. The van der Waals surface area contributed by atoms with Gasteiger partial charge in [-0.15, -0.1) is 0 Å². The molecule has 2 aromatic carbocycles. The number of rotatable bonds is 6. The third kappa shape index (κ3) is 4.17. The molecule has 2 aromatic rings. The molecule has 0 saturated carbocycles. The summed E-state index contributed by atoms with van der Waals surface area (Å²) in [5, 5.41) is 4.17. The summed E-state index contributed by atoms with van der Waals surface area (Å²) in [6.07, 6.45) is 0. The molecule has 0 aliphatic rings. The minimum Gasteiger partial charge on any atom is -0.383 e. The van der Waals surface area contributed by atoms with Crippen molar-refractivity contribution in [3.63, 3.8) is 0 Å². The Morgan fingerprint density at radius 2 is 1.85 bits per heavy atom. The van der Waals surface area contributed by atoms with Crippen molar-refractivity contribution in [1.82, 2.24) is 0 Å². The minimum atomic E-state index is 0.765. The van der Waals surface area contributed by atoms with Gasteiger partial charge in [-0.3, -0.25) is 0 Å². The van der Waals surface area contributed by atoms with Gasteiger partial charge in [0.25, 0.3) is 0 Å². The fraction of sp³-hybridized carbons (Fsp3) is 0.294. The van der Waals surface area contributed by atoms with Crippen LogP contribution >= 0.6 is 11.6 Å². The number of benzene rings is 2. The van der Waals surface area contributed by atoms with Crippen LogP contribution in [0.2, 0.25) is 5.02 Å². The number of likely N-dealkylation sites (N-methyl/N-ethyl adjacent to an activating group) is 1. The maximum atomic E-state index is 5.97. The first-order valence-corrected chi connectivity index (χ1v) is 7.38. The van der Waals surface area contributed by atoms with E-state index >= 15 is 0 Å². The van der Waals surface area contributed by atoms with Crippen LogP contribution in [-0.4, -0.2) is 19.6 Å². The van der Waals surface area contributed by atoms with Crippen molar-refractivity contribution in [2.24, 2.45) is 0 Å². The maximum Gasteiger partial charge on any atom is 0.0426 e. The number of halogens is 1. The molecule has 1 N–H and O–H groups in total. The zero-order valence-corrected chi connectivity index (χ0v) is 12.8. The van der Waals surface area contributed by atoms with Gasteiger partial charge in [0.1, 0.15) is 0 Å². The van der Waals surface area contributed by atoms with E-state index in [9.17, 15) is 0 Å². The molecule has 20 heavy (non-hydrogen) atoms. The van der Waals surface area contributed by atoms with Gasteiger partial charge in [0.05, 0.1) is 0 Å². The molecule has 3 heteroatoms. The number of hydrogen-bond donors (Lipinski definition) is 1. The summed E-state index contributed by atoms with van der Waals surface area (Å²) in [6, 6.07) is 16.5. The molecule has 0 amide bonds. The Balaban J connectivity index is 1.89. The van der Waals surface area contributed by atoms with Crippen LogP contribution in [0.3, 0.4) is 0 Å². The van der Waals surface area contributed by atoms with E-state index in [-0.39, 0.29) is 0 Å². The fourth-order valence-electron chi connectivity index (χ4n) is 2.16. The largest absolute Gasteiger partial charge is 0.383 e. The summed E-state index contributed by atoms with van der Waals surface area (Å²) in [7, 11) is 0. The summed E-state index contributed by atoms with van der Waals surface area (Å²) >= 11 is 5.97. The van der Waals surface area contributed by atoms with Crippen molar-refractivity contribution in [3.05, 3.63) is 59.1 Å². The predicted molar refractivity (Wildman–Crippen MR) is 89.0 cm³/mol. The van der Waals surface area contributed by atoms with Gasteiger partial charge >= 0.3 is 0 Å². The third-order valence-corrected chi connectivity index (χ3v) is 3.55. The van der Waals surface area contributed by atoms with E-state index in [4.69, 9.17) is 11.6 Å². The van der Waals surface area contributed by atoms with Crippen molar-refractivity contribution in [2.45, 2.75) is 13.8 Å². The first kappa shape index (κ1) is 14.7. The van der Waals surface area contributed by atoms with Gasteiger partial charge in [0, 0.05) is 36.0 Å². The van der Waals surface area contributed by atoms with Crippen molar-refractivity contribution < 1.29 is 0 Å². The van der Waals surface area contributed by atoms with Gasteiger partial charge in [-0.05, 0) is 44.2 Å². The third-order valence-electron chi connectivity index (χ3n) is 3.32. The highest BCUT2D eigenvalue weighted by atomic mass is 35.5. The molecular weight excluding hydrogens is 268 g/mol. The van der Waals surface area contributed by atoms with E-state index in [0.717, 1.165) is 30.3 Å². The Labute approximate surface area is 126 Å². The summed E-state index contributed by atoms with van der Waals surface area (Å²) in [5.41, 5.74) is 3.63. The highest BCUT2D eigenvalue weighted by Gasteiger charge is 2.03. The standard InChI is InChI=1S/C17H21ClN2/c1-3-20(17-9-7-14(2)8-10-17)12-11-19-16-6-4-5-15(18)13-16/h4-10,13,19H,3,11-12H2,1-2H3. The van der Waals surface area contributed by atoms with Crippen LogP contribution in [0.25, 0.3) is 0 Å². The van der Waals surface area contributed by atoms with E-state index in [1.807, 2.05) is 24.3 Å². The fourth-order valence-corrected chi connectivity index (χ4v) is 2.35. The predicted octanol–water partition coefficient (Wildman–Crippen LogP) is 4.59. The van der Waals surface area contributed by atoms with E-state index < -0.39 is 0 Å². The quantitative estimate of drug-likeness (QED) is 0.836. The lowest BCUT2D eigenvalue weighted by atomic mass is 10.2. The minimum absolute atomic E-state index is 0.765. The van der Waals surface area contributed by atoms with Crippen LogP contribution in [0.4, 0.5) is 11.4 Å². The number of nitrogens with zero attached hydrogens (tertiary/aromatic N) is 1. The molecule has 0 aliphatic carbocycles. The maximum absolute atomic E-state index is 5.97. The highest BCUT2D eigenvalue weighted by molar-refractivity contribution is 6.30. The van der Waals surface area contributed by atoms with E-state index in [2.05, 4.69) is 48.3 Å². The lowest BCUT2D eigenvalue weighted by Crippen LogP contribution is -2.28. The first-order valence-electron chi connectivity index (χ1n) is 7.00. The van der Waals surface area contributed by atoms with Gasteiger partial charge in [-0.25, -0.2) is 0 Å². The number of nitrogens with one attached hydrogen (secondary N) is 1. The second-order valence-electron chi connectivity index (χ2n) is 4.85. The molecule has 0 saturated heterocycles. The van der Waals surface area contributed by atoms with Gasteiger partial charge in [-0.1, -0.05) is 35.4 Å². The van der Waals surface area contributed by atoms with Gasteiger partial charge in [0.15, 0.2) is 0 Å². The molecule has 0 heterocycles. The molecule has 0 bridgehead atoms. The average Bonchev–Trinajstić information content (AvgIpc) is 2.45. The summed E-state index contributed by atoms with van der Waals surface area (Å²) in [4.78, 5) is 2.36. The van der Waals surface area contributed by atoms with E-state index in [1.54, 1.807) is 0 Å². The molecule has 0 aromatic heterocycles. The summed E-state index contributed by atoms with van der Waals surface area (Å²) < 4.78 is 0. The molecule has 0 atom stereocenters. The van der Waals surface area contributed by atoms with Gasteiger partial charge in [-0.2, -0.15) is 0 Å². The molecule has 106 valence electrons. The van der Waals surface area contributed by atoms with Crippen LogP contribution in [0.5, 0.6) is 0 Å². The molecule has 0 unspecified atom stereocenters. The zero-order chi connectivity index (χ0) is 14.4. The average molecular weight is 289 g/mol. The molecule has 0 radical (unpaired) electrons. The van der Waals surface area contributed by atoms with Crippen LogP contribution in [0.15, 0.2) is 48.5 Å². The molecule has 2 nitrogen and oxygen atoms in total. The number of hydrogen-bond acceptors (Lipinski definition) is 2. The first-order chi connectivity index (χ1) is 9.69. The monoisotopic (exact) mass is 288 g/mol. The second kappa shape index (κ2) is 7.20. The normalized spacial score (nSPS) is 10.3. The number of anilines is 2. The van der Waals surface area contributed by atoms with Crippen LogP contribution in [-0.2, 0) is 0 Å². The van der Waals surface area contributed by atoms with Crippen molar-refractivity contribution in [1.29, 1.82) is 0 Å². The molecule has 0 spiro atoms. The second-order valence-corrected chi connectivity index (χ2v) is 5.29. The van der Waals surface area contributed by atoms with Crippen LogP contribution in [0.1, 0.15) is 12.5 Å². The van der Waals surface area contributed by atoms with E-state index in [0.29, 0.717) is 0 Å². The van der Waals surface area contributed by atoms with Crippen LogP contribution < -0.4 is 10.2 Å². The number of aryl methyl sites for hydroxylation is 1. The van der Waals surface area contributed by atoms with Gasteiger partial charge < -0.3 is 10.2 Å². The SMILES string of the molecule is CCN(CCNc1cccc(Cl)c1)c1ccc(C)cc1. The van der Waals surface area contributed by atoms with Crippen molar-refractivity contribution >= 4 is 23.0 Å². The van der Waals surface area contributed by atoms with Crippen LogP contribution in [0, 0.1) is 6.92 Å². The zero-order valence-electron chi connectivity index (χ0n) is 12.1. The smallest absolute Gasteiger partial charge is 0.0426 e. The molecule has 2 rings (SSSR count). The Hall–Kier alpha value is -1.67. The Bertz CT molecular complexity index is 537. The lowest BCUT2D eigenvalue weighted by Gasteiger charge is -2.23. The lowest BCUT2D eigenvalue weighted by molar-refractivity contribution is 0.835. The van der Waals surface area contributed by atoms with E-state index in [1.165, 1.54) is 11.3 Å². The van der Waals surface area contributed by atoms with Crippen molar-refractivity contribution in [2.75, 3.05) is 29.9 Å². The van der Waals surface area contributed by atoms with Crippen molar-refractivity contribution in [3.8, 4) is 0 Å². The summed E-state index contributed by atoms with van der Waals surface area (Å²) in [5.74, 6) is 0. The molecule has 0 aliphatic heterocycles. The Kier molecular flexibility index (Phi) is 5.31. The topological polar surface area (TPSA) is 15.3 Å². The molecule has 0 fully saturated rings. The van der Waals surface area contributed by atoms with Gasteiger partial charge in [0.2, 0.25) is 0 Å². The molecular formula is C17H21ClN2. The Morgan fingerprint density at radius 1 is 1.10 bits per heavy atom. The Morgan fingerprint density at radius 3 is 2.50 bits per heavy atom.